The molecule has 0 saturated carbocycles. The maximum Gasteiger partial charge on any atom is 0.301 e. The second-order valence-corrected chi connectivity index (χ2v) is 10.5. The van der Waals surface area contributed by atoms with Gasteiger partial charge >= 0.3 is 5.91 Å². The van der Waals surface area contributed by atoms with E-state index in [4.69, 9.17) is 35.3 Å². The summed E-state index contributed by atoms with van der Waals surface area (Å²) in [6.07, 6.45) is 0. The third-order valence-corrected chi connectivity index (χ3v) is 8.06. The van der Waals surface area contributed by atoms with Crippen LogP contribution in [-0.4, -0.2) is 56.3 Å². The molecule has 1 fully saturated rings. The summed E-state index contributed by atoms with van der Waals surface area (Å²) in [6.45, 7) is 0.743. The summed E-state index contributed by atoms with van der Waals surface area (Å²) in [7, 11) is 4.40. The Balaban J connectivity index is 1.59. The van der Waals surface area contributed by atoms with E-state index >= 15 is 0 Å². The molecule has 3 heterocycles. The summed E-state index contributed by atoms with van der Waals surface area (Å²) in [4.78, 5) is 33.3. The Bertz CT molecular complexity index is 1730. The lowest BCUT2D eigenvalue weighted by atomic mass is 9.94. The third-order valence-electron chi connectivity index (χ3n) is 6.81. The van der Waals surface area contributed by atoms with E-state index in [1.165, 1.54) is 37.6 Å². The number of nitrogens with zero attached hydrogens (tertiary/aromatic N) is 2. The van der Waals surface area contributed by atoms with Crippen molar-refractivity contribution in [2.24, 2.45) is 0 Å². The summed E-state index contributed by atoms with van der Waals surface area (Å²) in [5.74, 6) is -0.237. The average Bonchev–Trinajstić information content (AvgIpc) is 3.52. The van der Waals surface area contributed by atoms with Crippen LogP contribution in [0.1, 0.15) is 17.2 Å². The molecule has 2 aliphatic rings. The quantitative estimate of drug-likeness (QED) is 0.178. The molecule has 4 aromatic rings. The molecule has 6 rings (SSSR count). The minimum Gasteiger partial charge on any atom is -0.507 e. The Labute approximate surface area is 243 Å². The normalized spacial score (nSPS) is 17.7. The summed E-state index contributed by atoms with van der Waals surface area (Å²) in [5, 5.41) is 12.4. The Morgan fingerprint density at radius 3 is 2.37 bits per heavy atom. The monoisotopic (exact) mass is 594 g/mol. The van der Waals surface area contributed by atoms with Crippen LogP contribution in [0.5, 0.6) is 28.7 Å². The number of amides is 1. The van der Waals surface area contributed by atoms with Gasteiger partial charge in [-0.05, 0) is 54.1 Å². The van der Waals surface area contributed by atoms with E-state index in [1.807, 2.05) is 0 Å². The number of Topliss-reactive ketones (excluding diaryl/α,β-unsaturated/α-hetero) is 1. The zero-order chi connectivity index (χ0) is 28.8. The number of rotatable bonds is 6. The molecule has 0 radical (unpaired) electrons. The van der Waals surface area contributed by atoms with Gasteiger partial charge in [0.15, 0.2) is 28.1 Å². The second kappa shape index (κ2) is 10.5. The van der Waals surface area contributed by atoms with Crippen LogP contribution in [0.3, 0.4) is 0 Å². The molecule has 0 aliphatic carbocycles. The predicted octanol–water partition coefficient (Wildman–Crippen LogP) is 5.37. The number of hydrogen-bond donors (Lipinski definition) is 1. The Hall–Kier alpha value is -4.48. The van der Waals surface area contributed by atoms with Crippen molar-refractivity contribution in [3.63, 3.8) is 0 Å². The number of ketones is 1. The van der Waals surface area contributed by atoms with Gasteiger partial charge in [-0.15, -0.1) is 0 Å². The zero-order valence-corrected chi connectivity index (χ0v) is 23.7. The highest BCUT2D eigenvalue weighted by molar-refractivity contribution is 7.22. The lowest BCUT2D eigenvalue weighted by Gasteiger charge is -2.25. The number of aliphatic hydroxyl groups excluding tert-OH is 1. The number of aliphatic hydroxyl groups is 1. The third kappa shape index (κ3) is 4.47. The molecule has 0 bridgehead atoms. The van der Waals surface area contributed by atoms with Crippen molar-refractivity contribution in [1.82, 2.24) is 4.98 Å². The van der Waals surface area contributed by atoms with Crippen LogP contribution < -0.4 is 28.6 Å². The molecule has 0 spiro atoms. The van der Waals surface area contributed by atoms with Crippen LogP contribution in [-0.2, 0) is 9.59 Å². The number of aromatic nitrogens is 1. The molecular formula is C29H23ClN2O8S. The minimum atomic E-state index is -1.09. The average molecular weight is 595 g/mol. The van der Waals surface area contributed by atoms with Crippen molar-refractivity contribution < 1.29 is 38.4 Å². The molecule has 1 amide bonds. The van der Waals surface area contributed by atoms with Crippen molar-refractivity contribution in [3.05, 3.63) is 70.3 Å². The number of thiazole rings is 1. The van der Waals surface area contributed by atoms with Gasteiger partial charge in [-0.2, -0.15) is 0 Å². The van der Waals surface area contributed by atoms with Gasteiger partial charge < -0.3 is 28.8 Å². The first-order chi connectivity index (χ1) is 19.8. The summed E-state index contributed by atoms with van der Waals surface area (Å²) in [6, 6.07) is 12.2. The molecule has 3 aromatic carbocycles. The van der Waals surface area contributed by atoms with Crippen LogP contribution >= 0.6 is 22.9 Å². The van der Waals surface area contributed by atoms with Gasteiger partial charge in [0.05, 0.1) is 43.2 Å². The number of benzene rings is 3. The van der Waals surface area contributed by atoms with E-state index in [0.717, 1.165) is 4.70 Å². The maximum atomic E-state index is 13.7. The number of hydrogen-bond acceptors (Lipinski definition) is 10. The smallest absolute Gasteiger partial charge is 0.301 e. The van der Waals surface area contributed by atoms with Crippen LogP contribution in [0.25, 0.3) is 16.0 Å². The number of carbonyl (C=O) groups is 2. The number of carbonyl (C=O) groups excluding carboxylic acids is 2. The Kier molecular flexibility index (Phi) is 6.84. The summed E-state index contributed by atoms with van der Waals surface area (Å²) >= 11 is 7.39. The molecule has 210 valence electrons. The highest BCUT2D eigenvalue weighted by atomic mass is 35.5. The molecule has 1 aromatic heterocycles. The fourth-order valence-electron chi connectivity index (χ4n) is 4.94. The van der Waals surface area contributed by atoms with E-state index in [9.17, 15) is 14.7 Å². The van der Waals surface area contributed by atoms with Crippen LogP contribution in [0.2, 0.25) is 5.02 Å². The number of fused-ring (bicyclic) bond motifs is 2. The fourth-order valence-corrected chi connectivity index (χ4v) is 6.21. The van der Waals surface area contributed by atoms with Gasteiger partial charge in [0.2, 0.25) is 5.75 Å². The number of halogens is 1. The summed E-state index contributed by atoms with van der Waals surface area (Å²) < 4.78 is 28.5. The van der Waals surface area contributed by atoms with Gasteiger partial charge in [0.25, 0.3) is 5.78 Å². The highest BCUT2D eigenvalue weighted by Crippen LogP contribution is 2.48. The molecule has 10 nitrogen and oxygen atoms in total. The molecule has 1 atom stereocenters. The summed E-state index contributed by atoms with van der Waals surface area (Å²) in [5.41, 5.74) is 1.17. The first kappa shape index (κ1) is 26.7. The van der Waals surface area contributed by atoms with Gasteiger partial charge in [0, 0.05) is 10.6 Å². The molecule has 1 saturated heterocycles. The fraction of sp³-hybridized carbons (Fsp3) is 0.207. The first-order valence-electron chi connectivity index (χ1n) is 12.4. The molecule has 0 unspecified atom stereocenters. The minimum absolute atomic E-state index is 0.141. The predicted molar refractivity (Wildman–Crippen MR) is 153 cm³/mol. The number of ether oxygens (including phenoxy) is 5. The first-order valence-corrected chi connectivity index (χ1v) is 13.6. The highest BCUT2D eigenvalue weighted by Gasteiger charge is 2.48. The van der Waals surface area contributed by atoms with Crippen molar-refractivity contribution in [2.75, 3.05) is 39.4 Å². The van der Waals surface area contributed by atoms with E-state index < -0.39 is 17.7 Å². The van der Waals surface area contributed by atoms with Gasteiger partial charge in [-0.25, -0.2) is 4.98 Å². The zero-order valence-electron chi connectivity index (χ0n) is 22.1. The van der Waals surface area contributed by atoms with Crippen molar-refractivity contribution in [2.45, 2.75) is 6.04 Å². The molecule has 1 N–H and O–H groups in total. The lowest BCUT2D eigenvalue weighted by molar-refractivity contribution is -0.132. The van der Waals surface area contributed by atoms with Gasteiger partial charge in [-0.3, -0.25) is 14.5 Å². The standard InChI is InChI=1S/C29H23ClN2O8S/c1-36-20-11-15(12-21(37-2)27(20)38-3)24-23(25(33)14-4-7-18-19(10-14)40-9-8-39-18)26(34)28(35)32(24)29-31-17-6-5-16(30)13-22(17)41-29/h4-7,10-13,24,33H,8-9H2,1-3H3/t24-/m0/s1. The maximum absolute atomic E-state index is 13.7. The second-order valence-electron chi connectivity index (χ2n) is 9.09. The van der Waals surface area contributed by atoms with E-state index in [2.05, 4.69) is 4.98 Å². The number of methoxy groups -OCH3 is 3. The molecular weight excluding hydrogens is 572 g/mol. The Morgan fingerprint density at radius 1 is 0.976 bits per heavy atom. The SMILES string of the molecule is COc1cc([C@H]2C(=C(O)c3ccc4c(c3)OCCO4)C(=O)C(=O)N2c2nc3ccc(Cl)cc3s2)cc(OC)c1OC. The van der Waals surface area contributed by atoms with Crippen molar-refractivity contribution in [1.29, 1.82) is 0 Å². The number of anilines is 1. The van der Waals surface area contributed by atoms with Gasteiger partial charge in [0.1, 0.15) is 19.0 Å². The van der Waals surface area contributed by atoms with Gasteiger partial charge in [-0.1, -0.05) is 22.9 Å². The molecule has 41 heavy (non-hydrogen) atoms. The van der Waals surface area contributed by atoms with Crippen molar-refractivity contribution in [3.8, 4) is 28.7 Å². The van der Waals surface area contributed by atoms with Crippen LogP contribution in [0.4, 0.5) is 5.13 Å². The Morgan fingerprint density at radius 2 is 1.68 bits per heavy atom. The lowest BCUT2D eigenvalue weighted by Crippen LogP contribution is -2.29. The van der Waals surface area contributed by atoms with E-state index in [-0.39, 0.29) is 22.0 Å². The van der Waals surface area contributed by atoms with Crippen LogP contribution in [0, 0.1) is 0 Å². The molecule has 2 aliphatic heterocycles. The van der Waals surface area contributed by atoms with E-state index in [1.54, 1.807) is 48.5 Å². The van der Waals surface area contributed by atoms with Crippen molar-refractivity contribution >= 4 is 55.7 Å². The largest absolute Gasteiger partial charge is 0.507 e. The van der Waals surface area contributed by atoms with E-state index in [0.29, 0.717) is 58.1 Å². The molecule has 12 heteroatoms. The van der Waals surface area contributed by atoms with Crippen LogP contribution in [0.15, 0.2) is 54.1 Å². The topological polar surface area (TPSA) is 117 Å².